The summed E-state index contributed by atoms with van der Waals surface area (Å²) >= 11 is 0. The highest BCUT2D eigenvalue weighted by Crippen LogP contribution is 2.21. The average Bonchev–Trinajstić information content (AvgIpc) is 2.42. The average molecular weight is 196 g/mol. The number of anilines is 1. The van der Waals surface area contributed by atoms with E-state index in [4.69, 9.17) is 11.5 Å². The molecule has 0 aliphatic carbocycles. The molecule has 1 aromatic rings. The first-order valence-electron chi connectivity index (χ1n) is 4.99. The molecule has 0 saturated carbocycles. The lowest BCUT2D eigenvalue weighted by Gasteiger charge is -2.20. The summed E-state index contributed by atoms with van der Waals surface area (Å²) in [7, 11) is 0. The van der Waals surface area contributed by atoms with Crippen molar-refractivity contribution in [3.05, 3.63) is 11.8 Å². The third-order valence-corrected chi connectivity index (χ3v) is 2.17. The van der Waals surface area contributed by atoms with Crippen molar-refractivity contribution in [3.8, 4) is 0 Å². The van der Waals surface area contributed by atoms with Crippen LogP contribution in [0, 0.1) is 0 Å². The predicted molar refractivity (Wildman–Crippen MR) is 59.0 cm³/mol. The summed E-state index contributed by atoms with van der Waals surface area (Å²) in [6.45, 7) is 6.95. The van der Waals surface area contributed by atoms with Crippen LogP contribution in [0.1, 0.15) is 32.8 Å². The number of hydrogen-bond donors (Lipinski definition) is 2. The van der Waals surface area contributed by atoms with Gasteiger partial charge in [0.15, 0.2) is 0 Å². The molecule has 0 atom stereocenters. The Hall–Kier alpha value is -1.03. The van der Waals surface area contributed by atoms with Crippen molar-refractivity contribution in [1.29, 1.82) is 0 Å². The van der Waals surface area contributed by atoms with Crippen LogP contribution in [0.3, 0.4) is 0 Å². The van der Waals surface area contributed by atoms with Gasteiger partial charge in [-0.25, -0.2) is 4.68 Å². The van der Waals surface area contributed by atoms with Crippen molar-refractivity contribution in [2.75, 3.05) is 12.3 Å². The number of aryl methyl sites for hydroxylation is 1. The van der Waals surface area contributed by atoms with E-state index in [2.05, 4.69) is 25.9 Å². The van der Waals surface area contributed by atoms with Crippen LogP contribution < -0.4 is 11.5 Å². The number of nitrogens with two attached hydrogens (primary N) is 2. The third-order valence-electron chi connectivity index (χ3n) is 2.17. The van der Waals surface area contributed by atoms with Gasteiger partial charge >= 0.3 is 0 Å². The van der Waals surface area contributed by atoms with E-state index in [0.717, 1.165) is 24.2 Å². The Kier molecular flexibility index (Phi) is 3.16. The molecule has 1 aromatic heterocycles. The van der Waals surface area contributed by atoms with Gasteiger partial charge in [-0.15, -0.1) is 0 Å². The zero-order chi connectivity index (χ0) is 10.8. The van der Waals surface area contributed by atoms with Crippen LogP contribution in [0.25, 0.3) is 0 Å². The topological polar surface area (TPSA) is 69.9 Å². The van der Waals surface area contributed by atoms with Crippen LogP contribution in [0.4, 0.5) is 5.82 Å². The number of nitrogen functional groups attached to an aromatic ring is 1. The molecule has 80 valence electrons. The second-order valence-electron chi connectivity index (χ2n) is 4.53. The minimum absolute atomic E-state index is 0.0505. The molecule has 0 aliphatic heterocycles. The van der Waals surface area contributed by atoms with E-state index in [1.54, 1.807) is 0 Å². The minimum atomic E-state index is -0.0505. The van der Waals surface area contributed by atoms with Gasteiger partial charge in [-0.1, -0.05) is 0 Å². The first-order chi connectivity index (χ1) is 6.46. The Balaban J connectivity index is 2.86. The Labute approximate surface area is 85.3 Å². The van der Waals surface area contributed by atoms with Crippen LogP contribution in [0.15, 0.2) is 6.20 Å². The smallest absolute Gasteiger partial charge is 0.125 e. The molecule has 0 saturated heterocycles. The lowest BCUT2D eigenvalue weighted by molar-refractivity contribution is 0.361. The van der Waals surface area contributed by atoms with E-state index in [1.165, 1.54) is 0 Å². The quantitative estimate of drug-likeness (QED) is 0.761. The number of hydrogen-bond acceptors (Lipinski definition) is 3. The fraction of sp³-hybridized carbons (Fsp3) is 0.700. The SMILES string of the molecule is CC(C)(C)n1ncc(CCCN)c1N. The molecule has 0 fully saturated rings. The summed E-state index contributed by atoms with van der Waals surface area (Å²) < 4.78 is 1.86. The van der Waals surface area contributed by atoms with Gasteiger partial charge in [0, 0.05) is 5.56 Å². The molecular weight excluding hydrogens is 176 g/mol. The molecule has 4 N–H and O–H groups in total. The van der Waals surface area contributed by atoms with Crippen LogP contribution in [-0.4, -0.2) is 16.3 Å². The lowest BCUT2D eigenvalue weighted by atomic mass is 10.1. The Bertz CT molecular complexity index is 296. The maximum absolute atomic E-state index is 5.99. The second kappa shape index (κ2) is 4.00. The van der Waals surface area contributed by atoms with Crippen molar-refractivity contribution in [3.63, 3.8) is 0 Å². The van der Waals surface area contributed by atoms with Gasteiger partial charge < -0.3 is 11.5 Å². The molecule has 0 radical (unpaired) electrons. The van der Waals surface area contributed by atoms with Crippen molar-refractivity contribution in [2.45, 2.75) is 39.2 Å². The molecule has 0 amide bonds. The Morgan fingerprint density at radius 1 is 1.43 bits per heavy atom. The molecular formula is C10H20N4. The third kappa shape index (κ3) is 2.26. The summed E-state index contributed by atoms with van der Waals surface area (Å²) in [5, 5.41) is 4.29. The fourth-order valence-electron chi connectivity index (χ4n) is 1.41. The summed E-state index contributed by atoms with van der Waals surface area (Å²) in [5.41, 5.74) is 12.5. The van der Waals surface area contributed by atoms with E-state index in [9.17, 15) is 0 Å². The first-order valence-corrected chi connectivity index (χ1v) is 4.99. The molecule has 0 bridgehead atoms. The number of aromatic nitrogens is 2. The van der Waals surface area contributed by atoms with Crippen molar-refractivity contribution in [2.24, 2.45) is 5.73 Å². The molecule has 0 aliphatic rings. The molecule has 1 rings (SSSR count). The maximum atomic E-state index is 5.99. The highest BCUT2D eigenvalue weighted by molar-refractivity contribution is 5.39. The van der Waals surface area contributed by atoms with Gasteiger partial charge in [-0.05, 0) is 40.2 Å². The summed E-state index contributed by atoms with van der Waals surface area (Å²) in [4.78, 5) is 0. The predicted octanol–water partition coefficient (Wildman–Crippen LogP) is 1.11. The van der Waals surface area contributed by atoms with E-state index >= 15 is 0 Å². The van der Waals surface area contributed by atoms with Crippen LogP contribution in [-0.2, 0) is 12.0 Å². The standard InChI is InChI=1S/C10H20N4/c1-10(2,3)14-9(12)8(7-13-14)5-4-6-11/h7H,4-6,11-12H2,1-3H3. The normalized spacial score (nSPS) is 12.0. The van der Waals surface area contributed by atoms with Crippen molar-refractivity contribution < 1.29 is 0 Å². The second-order valence-corrected chi connectivity index (χ2v) is 4.53. The first kappa shape index (κ1) is 11.0. The van der Waals surface area contributed by atoms with Crippen LogP contribution >= 0.6 is 0 Å². The number of rotatable bonds is 3. The minimum Gasteiger partial charge on any atom is -0.384 e. The number of nitrogens with zero attached hydrogens (tertiary/aromatic N) is 2. The molecule has 0 spiro atoms. The molecule has 1 heterocycles. The van der Waals surface area contributed by atoms with Crippen LogP contribution in [0.5, 0.6) is 0 Å². The highest BCUT2D eigenvalue weighted by Gasteiger charge is 2.18. The summed E-state index contributed by atoms with van der Waals surface area (Å²) in [6, 6.07) is 0. The van der Waals surface area contributed by atoms with Crippen molar-refractivity contribution in [1.82, 2.24) is 9.78 Å². The molecule has 4 heteroatoms. The zero-order valence-electron chi connectivity index (χ0n) is 9.25. The van der Waals surface area contributed by atoms with Gasteiger partial charge in [-0.2, -0.15) is 5.10 Å². The largest absolute Gasteiger partial charge is 0.384 e. The summed E-state index contributed by atoms with van der Waals surface area (Å²) in [6.07, 6.45) is 3.72. The lowest BCUT2D eigenvalue weighted by Crippen LogP contribution is -2.24. The highest BCUT2D eigenvalue weighted by atomic mass is 15.3. The Morgan fingerprint density at radius 2 is 2.07 bits per heavy atom. The van der Waals surface area contributed by atoms with Gasteiger partial charge in [0.25, 0.3) is 0 Å². The molecule has 0 aromatic carbocycles. The van der Waals surface area contributed by atoms with Crippen LogP contribution in [0.2, 0.25) is 0 Å². The van der Waals surface area contributed by atoms with Gasteiger partial charge in [0.2, 0.25) is 0 Å². The van der Waals surface area contributed by atoms with Gasteiger partial charge in [0.1, 0.15) is 5.82 Å². The van der Waals surface area contributed by atoms with E-state index in [-0.39, 0.29) is 5.54 Å². The van der Waals surface area contributed by atoms with E-state index < -0.39 is 0 Å². The van der Waals surface area contributed by atoms with E-state index in [1.807, 2.05) is 10.9 Å². The molecule has 14 heavy (non-hydrogen) atoms. The monoisotopic (exact) mass is 196 g/mol. The fourth-order valence-corrected chi connectivity index (χ4v) is 1.41. The molecule has 4 nitrogen and oxygen atoms in total. The summed E-state index contributed by atoms with van der Waals surface area (Å²) in [5.74, 6) is 0.769. The van der Waals surface area contributed by atoms with Gasteiger partial charge in [-0.3, -0.25) is 0 Å². The molecule has 0 unspecified atom stereocenters. The zero-order valence-corrected chi connectivity index (χ0v) is 9.25. The maximum Gasteiger partial charge on any atom is 0.125 e. The Morgan fingerprint density at radius 3 is 2.50 bits per heavy atom. The van der Waals surface area contributed by atoms with Crippen molar-refractivity contribution >= 4 is 5.82 Å². The van der Waals surface area contributed by atoms with E-state index in [0.29, 0.717) is 6.54 Å². The van der Waals surface area contributed by atoms with Gasteiger partial charge in [0.05, 0.1) is 11.7 Å².